The summed E-state index contributed by atoms with van der Waals surface area (Å²) in [4.78, 5) is 11.4. The van der Waals surface area contributed by atoms with E-state index >= 15 is 0 Å². The first-order chi connectivity index (χ1) is 7.47. The predicted octanol–water partition coefficient (Wildman–Crippen LogP) is 0.890. The van der Waals surface area contributed by atoms with Gasteiger partial charge in [-0.3, -0.25) is 0 Å². The molecule has 94 valence electrons. The first kappa shape index (κ1) is 13.3. The quantitative estimate of drug-likeness (QED) is 0.739. The molecule has 0 radical (unpaired) electrons. The Hall–Kier alpha value is -0.810. The molecule has 0 aromatic heterocycles. The van der Waals surface area contributed by atoms with Gasteiger partial charge in [0, 0.05) is 19.7 Å². The number of hydrogen-bond acceptors (Lipinski definition) is 4. The van der Waals surface area contributed by atoms with Gasteiger partial charge in [-0.15, -0.1) is 0 Å². The normalized spacial score (nSPS) is 22.3. The van der Waals surface area contributed by atoms with Crippen molar-refractivity contribution >= 4 is 6.09 Å². The number of carbonyl (C=O) groups excluding carboxylic acids is 1. The first-order valence-corrected chi connectivity index (χ1v) is 5.76. The Morgan fingerprint density at radius 1 is 1.56 bits per heavy atom. The maximum absolute atomic E-state index is 11.4. The zero-order valence-corrected chi connectivity index (χ0v) is 10.3. The van der Waals surface area contributed by atoms with Crippen LogP contribution in [0, 0.1) is 0 Å². The Kier molecular flexibility index (Phi) is 5.02. The Morgan fingerprint density at radius 3 is 3.00 bits per heavy atom. The Bertz CT molecular complexity index is 218. The van der Waals surface area contributed by atoms with Crippen LogP contribution in [0.2, 0.25) is 0 Å². The van der Waals surface area contributed by atoms with Crippen LogP contribution in [0.15, 0.2) is 0 Å². The summed E-state index contributed by atoms with van der Waals surface area (Å²) in [6.07, 6.45) is 0.665. The number of rotatable bonds is 2. The third kappa shape index (κ3) is 5.92. The molecule has 1 heterocycles. The molecule has 0 unspecified atom stereocenters. The molecule has 1 saturated heterocycles. The van der Waals surface area contributed by atoms with Crippen molar-refractivity contribution in [2.45, 2.75) is 38.9 Å². The molecule has 5 nitrogen and oxygen atoms in total. The van der Waals surface area contributed by atoms with Crippen LogP contribution >= 0.6 is 0 Å². The van der Waals surface area contributed by atoms with Gasteiger partial charge in [-0.1, -0.05) is 0 Å². The zero-order chi connectivity index (χ0) is 12.0. The summed E-state index contributed by atoms with van der Waals surface area (Å²) in [5, 5.41) is 5.96. The van der Waals surface area contributed by atoms with E-state index in [4.69, 9.17) is 9.47 Å². The van der Waals surface area contributed by atoms with Crippen LogP contribution in [0.25, 0.3) is 0 Å². The highest BCUT2D eigenvalue weighted by Gasteiger charge is 2.18. The molecule has 16 heavy (non-hydrogen) atoms. The number of hydrogen-bond donors (Lipinski definition) is 2. The van der Waals surface area contributed by atoms with Crippen LogP contribution in [-0.4, -0.2) is 44.0 Å². The van der Waals surface area contributed by atoms with Crippen molar-refractivity contribution in [1.82, 2.24) is 10.6 Å². The maximum Gasteiger partial charge on any atom is 0.407 e. The van der Waals surface area contributed by atoms with E-state index in [2.05, 4.69) is 10.6 Å². The minimum absolute atomic E-state index is 0.0371. The lowest BCUT2D eigenvalue weighted by molar-refractivity contribution is 0.0398. The van der Waals surface area contributed by atoms with E-state index in [1.54, 1.807) is 0 Å². The summed E-state index contributed by atoms with van der Waals surface area (Å²) in [5.41, 5.74) is -0.452. The van der Waals surface area contributed by atoms with E-state index in [0.29, 0.717) is 6.54 Å². The van der Waals surface area contributed by atoms with E-state index in [9.17, 15) is 4.79 Å². The predicted molar refractivity (Wildman–Crippen MR) is 61.5 cm³/mol. The lowest BCUT2D eigenvalue weighted by Crippen LogP contribution is -2.40. The monoisotopic (exact) mass is 230 g/mol. The van der Waals surface area contributed by atoms with Crippen molar-refractivity contribution in [2.24, 2.45) is 0 Å². The van der Waals surface area contributed by atoms with E-state index < -0.39 is 5.60 Å². The average molecular weight is 230 g/mol. The summed E-state index contributed by atoms with van der Waals surface area (Å²) in [6, 6.07) is 0. The third-order valence-corrected chi connectivity index (χ3v) is 2.10. The largest absolute Gasteiger partial charge is 0.444 e. The highest BCUT2D eigenvalue weighted by atomic mass is 16.6. The van der Waals surface area contributed by atoms with Crippen molar-refractivity contribution < 1.29 is 14.3 Å². The molecule has 1 aliphatic heterocycles. The maximum atomic E-state index is 11.4. The lowest BCUT2D eigenvalue weighted by atomic mass is 10.2. The molecule has 0 aliphatic carbocycles. The summed E-state index contributed by atoms with van der Waals surface area (Å²) in [5.74, 6) is 0. The highest BCUT2D eigenvalue weighted by Crippen LogP contribution is 2.06. The smallest absolute Gasteiger partial charge is 0.407 e. The van der Waals surface area contributed by atoms with Crippen LogP contribution in [0.1, 0.15) is 27.2 Å². The van der Waals surface area contributed by atoms with Gasteiger partial charge < -0.3 is 20.1 Å². The van der Waals surface area contributed by atoms with E-state index in [-0.39, 0.29) is 12.2 Å². The minimum atomic E-state index is -0.452. The fourth-order valence-corrected chi connectivity index (χ4v) is 1.41. The second kappa shape index (κ2) is 6.06. The lowest BCUT2D eigenvalue weighted by Gasteiger charge is -2.21. The van der Waals surface area contributed by atoms with Gasteiger partial charge in [0.2, 0.25) is 0 Å². The topological polar surface area (TPSA) is 59.6 Å². The van der Waals surface area contributed by atoms with Crippen LogP contribution in [-0.2, 0) is 9.47 Å². The molecule has 5 heteroatoms. The van der Waals surface area contributed by atoms with Crippen LogP contribution in [0.3, 0.4) is 0 Å². The molecule has 1 amide bonds. The number of carbonyl (C=O) groups is 1. The Labute approximate surface area is 96.9 Å². The summed E-state index contributed by atoms with van der Waals surface area (Å²) >= 11 is 0. The van der Waals surface area contributed by atoms with Gasteiger partial charge in [0.1, 0.15) is 5.60 Å². The van der Waals surface area contributed by atoms with Gasteiger partial charge in [-0.25, -0.2) is 4.79 Å². The minimum Gasteiger partial charge on any atom is -0.444 e. The van der Waals surface area contributed by atoms with Gasteiger partial charge in [-0.05, 0) is 33.7 Å². The molecule has 1 aliphatic rings. The molecule has 0 spiro atoms. The zero-order valence-electron chi connectivity index (χ0n) is 10.3. The standard InChI is InChI=1S/C11H22N2O3/c1-11(2,3)16-10(14)13-8-9-7-12-5-4-6-15-9/h9,12H,4-8H2,1-3H3,(H,13,14)/t9-/m1/s1. The number of amides is 1. The van der Waals surface area contributed by atoms with E-state index in [1.165, 1.54) is 0 Å². The molecule has 0 saturated carbocycles. The van der Waals surface area contributed by atoms with Gasteiger partial charge in [0.25, 0.3) is 0 Å². The van der Waals surface area contributed by atoms with Crippen LogP contribution in [0.4, 0.5) is 4.79 Å². The van der Waals surface area contributed by atoms with E-state index in [0.717, 1.165) is 26.1 Å². The van der Waals surface area contributed by atoms with Crippen molar-refractivity contribution in [2.75, 3.05) is 26.2 Å². The fourth-order valence-electron chi connectivity index (χ4n) is 1.41. The molecule has 0 aromatic rings. The highest BCUT2D eigenvalue weighted by molar-refractivity contribution is 5.67. The van der Waals surface area contributed by atoms with Gasteiger partial charge in [0.05, 0.1) is 6.10 Å². The summed E-state index contributed by atoms with van der Waals surface area (Å²) in [6.45, 7) is 8.51. The first-order valence-electron chi connectivity index (χ1n) is 5.76. The fraction of sp³-hybridized carbons (Fsp3) is 0.909. The Morgan fingerprint density at radius 2 is 2.31 bits per heavy atom. The average Bonchev–Trinajstić information content (AvgIpc) is 2.39. The molecule has 1 atom stereocenters. The van der Waals surface area contributed by atoms with Crippen molar-refractivity contribution in [1.29, 1.82) is 0 Å². The second-order valence-electron chi connectivity index (χ2n) is 4.93. The van der Waals surface area contributed by atoms with Crippen molar-refractivity contribution in [3.8, 4) is 0 Å². The van der Waals surface area contributed by atoms with E-state index in [1.807, 2.05) is 20.8 Å². The summed E-state index contributed by atoms with van der Waals surface area (Å²) < 4.78 is 10.7. The number of alkyl carbamates (subject to hydrolysis) is 1. The second-order valence-corrected chi connectivity index (χ2v) is 4.93. The molecule has 2 N–H and O–H groups in total. The van der Waals surface area contributed by atoms with Gasteiger partial charge in [0.15, 0.2) is 0 Å². The van der Waals surface area contributed by atoms with Gasteiger partial charge in [-0.2, -0.15) is 0 Å². The summed E-state index contributed by atoms with van der Waals surface area (Å²) in [7, 11) is 0. The molecule has 0 aromatic carbocycles. The van der Waals surface area contributed by atoms with Crippen molar-refractivity contribution in [3.05, 3.63) is 0 Å². The molecular weight excluding hydrogens is 208 g/mol. The number of nitrogens with one attached hydrogen (secondary N) is 2. The van der Waals surface area contributed by atoms with Crippen LogP contribution < -0.4 is 10.6 Å². The molecular formula is C11H22N2O3. The van der Waals surface area contributed by atoms with Crippen molar-refractivity contribution in [3.63, 3.8) is 0 Å². The number of ether oxygens (including phenoxy) is 2. The van der Waals surface area contributed by atoms with Gasteiger partial charge >= 0.3 is 6.09 Å². The SMILES string of the molecule is CC(C)(C)OC(=O)NC[C@H]1CNCCCO1. The molecule has 1 fully saturated rings. The molecule has 0 bridgehead atoms. The molecule has 1 rings (SSSR count). The third-order valence-electron chi connectivity index (χ3n) is 2.10. The Balaban J connectivity index is 2.20. The van der Waals surface area contributed by atoms with Crippen LogP contribution in [0.5, 0.6) is 0 Å².